The molecule has 0 unspecified atom stereocenters. The molecule has 1 aliphatic heterocycles. The van der Waals surface area contributed by atoms with E-state index < -0.39 is 5.97 Å². The van der Waals surface area contributed by atoms with E-state index in [1.807, 2.05) is 17.0 Å². The SMILES string of the molecule is NCCN(Cc1ccc(C(=O)O)cc1)CC1CCN(C(=O)NC2CCCC2)CC1. The van der Waals surface area contributed by atoms with E-state index in [2.05, 4.69) is 10.2 Å². The number of nitrogens with two attached hydrogens (primary N) is 1. The highest BCUT2D eigenvalue weighted by molar-refractivity contribution is 5.87. The molecule has 1 aromatic rings. The number of hydrogen-bond donors (Lipinski definition) is 3. The molecule has 1 heterocycles. The molecule has 4 N–H and O–H groups in total. The van der Waals surface area contributed by atoms with E-state index in [0.717, 1.165) is 64.0 Å². The summed E-state index contributed by atoms with van der Waals surface area (Å²) in [5.41, 5.74) is 7.21. The Labute approximate surface area is 173 Å². The van der Waals surface area contributed by atoms with Crippen molar-refractivity contribution in [2.45, 2.75) is 51.1 Å². The number of carboxylic acid groups (broad SMARTS) is 1. The molecule has 0 spiro atoms. The Morgan fingerprint density at radius 2 is 1.76 bits per heavy atom. The van der Waals surface area contributed by atoms with E-state index in [9.17, 15) is 9.59 Å². The Morgan fingerprint density at radius 3 is 2.34 bits per heavy atom. The van der Waals surface area contributed by atoms with Crippen LogP contribution in [-0.4, -0.2) is 65.7 Å². The lowest BCUT2D eigenvalue weighted by molar-refractivity contribution is 0.0697. The standard InChI is InChI=1S/C22H34N4O3/c23-11-14-25(15-17-5-7-19(8-6-17)21(27)28)16-18-9-12-26(13-10-18)22(29)24-20-3-1-2-4-20/h5-8,18,20H,1-4,9-16,23H2,(H,24,29)(H,27,28). The number of hydrogen-bond acceptors (Lipinski definition) is 4. The van der Waals surface area contributed by atoms with E-state index in [1.54, 1.807) is 12.1 Å². The lowest BCUT2D eigenvalue weighted by Crippen LogP contribution is -2.48. The summed E-state index contributed by atoms with van der Waals surface area (Å²) in [5, 5.41) is 12.2. The normalized spacial score (nSPS) is 18.3. The smallest absolute Gasteiger partial charge is 0.335 e. The Kier molecular flexibility index (Phi) is 7.89. The van der Waals surface area contributed by atoms with Crippen LogP contribution in [-0.2, 0) is 6.54 Å². The van der Waals surface area contributed by atoms with Crippen LogP contribution in [0.25, 0.3) is 0 Å². The first-order valence-corrected chi connectivity index (χ1v) is 10.8. The molecule has 2 fully saturated rings. The fraction of sp³-hybridized carbons (Fsp3) is 0.636. The molecule has 1 aliphatic carbocycles. The second kappa shape index (κ2) is 10.6. The maximum atomic E-state index is 12.4. The van der Waals surface area contributed by atoms with Crippen molar-refractivity contribution in [2.75, 3.05) is 32.7 Å². The Morgan fingerprint density at radius 1 is 1.10 bits per heavy atom. The summed E-state index contributed by atoms with van der Waals surface area (Å²) in [4.78, 5) is 27.8. The largest absolute Gasteiger partial charge is 0.478 e. The van der Waals surface area contributed by atoms with Crippen LogP contribution >= 0.6 is 0 Å². The average molecular weight is 403 g/mol. The first-order valence-electron chi connectivity index (χ1n) is 10.8. The third-order valence-electron chi connectivity index (χ3n) is 6.15. The van der Waals surface area contributed by atoms with Crippen molar-refractivity contribution in [1.82, 2.24) is 15.1 Å². The molecule has 1 saturated carbocycles. The number of likely N-dealkylation sites (tertiary alicyclic amines) is 1. The first-order chi connectivity index (χ1) is 14.0. The predicted molar refractivity (Wildman–Crippen MR) is 113 cm³/mol. The van der Waals surface area contributed by atoms with Gasteiger partial charge in [-0.1, -0.05) is 25.0 Å². The molecular formula is C22H34N4O3. The number of carbonyl (C=O) groups excluding carboxylic acids is 1. The van der Waals surface area contributed by atoms with Gasteiger partial charge in [-0.05, 0) is 49.3 Å². The van der Waals surface area contributed by atoms with Crippen LogP contribution in [0.2, 0.25) is 0 Å². The second-order valence-corrected chi connectivity index (χ2v) is 8.39. The zero-order valence-electron chi connectivity index (χ0n) is 17.2. The summed E-state index contributed by atoms with van der Waals surface area (Å²) in [6.45, 7) is 4.74. The van der Waals surface area contributed by atoms with E-state index in [0.29, 0.717) is 24.1 Å². The molecule has 0 bridgehead atoms. The number of rotatable bonds is 8. The lowest BCUT2D eigenvalue weighted by atomic mass is 9.96. The molecule has 1 saturated heterocycles. The molecule has 7 heteroatoms. The van der Waals surface area contributed by atoms with Crippen molar-refractivity contribution >= 4 is 12.0 Å². The minimum Gasteiger partial charge on any atom is -0.478 e. The van der Waals surface area contributed by atoms with Gasteiger partial charge in [0, 0.05) is 45.3 Å². The van der Waals surface area contributed by atoms with Crippen molar-refractivity contribution in [3.05, 3.63) is 35.4 Å². The summed E-state index contributed by atoms with van der Waals surface area (Å²) >= 11 is 0. The van der Waals surface area contributed by atoms with Gasteiger partial charge in [0.25, 0.3) is 0 Å². The second-order valence-electron chi connectivity index (χ2n) is 8.39. The third-order valence-corrected chi connectivity index (χ3v) is 6.15. The highest BCUT2D eigenvalue weighted by Gasteiger charge is 2.26. The van der Waals surface area contributed by atoms with E-state index >= 15 is 0 Å². The number of amides is 2. The highest BCUT2D eigenvalue weighted by atomic mass is 16.4. The number of urea groups is 1. The fourth-order valence-corrected chi connectivity index (χ4v) is 4.45. The topological polar surface area (TPSA) is 98.9 Å². The molecule has 29 heavy (non-hydrogen) atoms. The van der Waals surface area contributed by atoms with Gasteiger partial charge < -0.3 is 21.1 Å². The fourth-order valence-electron chi connectivity index (χ4n) is 4.45. The van der Waals surface area contributed by atoms with Crippen molar-refractivity contribution in [3.8, 4) is 0 Å². The number of nitrogens with one attached hydrogen (secondary N) is 1. The molecule has 0 aromatic heterocycles. The molecule has 2 amide bonds. The Hall–Kier alpha value is -2.12. The molecular weight excluding hydrogens is 368 g/mol. The van der Waals surface area contributed by atoms with Crippen LogP contribution in [0, 0.1) is 5.92 Å². The first kappa shape index (κ1) is 21.6. The van der Waals surface area contributed by atoms with Gasteiger partial charge in [-0.2, -0.15) is 0 Å². The molecule has 0 radical (unpaired) electrons. The molecule has 3 rings (SSSR count). The van der Waals surface area contributed by atoms with Gasteiger partial charge in [0.05, 0.1) is 5.56 Å². The number of aromatic carboxylic acids is 1. The van der Waals surface area contributed by atoms with Crippen molar-refractivity contribution in [1.29, 1.82) is 0 Å². The minimum atomic E-state index is -0.904. The van der Waals surface area contributed by atoms with Gasteiger partial charge in [-0.3, -0.25) is 4.90 Å². The van der Waals surface area contributed by atoms with Crippen LogP contribution in [0.15, 0.2) is 24.3 Å². The summed E-state index contributed by atoms with van der Waals surface area (Å²) in [5.74, 6) is -0.352. The molecule has 160 valence electrons. The van der Waals surface area contributed by atoms with Gasteiger partial charge in [0.1, 0.15) is 0 Å². The summed E-state index contributed by atoms with van der Waals surface area (Å²) in [7, 11) is 0. The van der Waals surface area contributed by atoms with Gasteiger partial charge in [-0.25, -0.2) is 9.59 Å². The molecule has 7 nitrogen and oxygen atoms in total. The number of carboxylic acids is 1. The highest BCUT2D eigenvalue weighted by Crippen LogP contribution is 2.21. The van der Waals surface area contributed by atoms with Gasteiger partial charge in [-0.15, -0.1) is 0 Å². The average Bonchev–Trinajstić information content (AvgIpc) is 3.22. The van der Waals surface area contributed by atoms with Crippen LogP contribution in [0.3, 0.4) is 0 Å². The lowest BCUT2D eigenvalue weighted by Gasteiger charge is -2.35. The van der Waals surface area contributed by atoms with E-state index in [-0.39, 0.29) is 6.03 Å². The monoisotopic (exact) mass is 402 g/mol. The van der Waals surface area contributed by atoms with Gasteiger partial charge in [0.15, 0.2) is 0 Å². The van der Waals surface area contributed by atoms with E-state index in [4.69, 9.17) is 10.8 Å². The van der Waals surface area contributed by atoms with Crippen LogP contribution < -0.4 is 11.1 Å². The Balaban J connectivity index is 1.46. The molecule has 1 aromatic carbocycles. The van der Waals surface area contributed by atoms with Crippen molar-refractivity contribution in [2.24, 2.45) is 11.7 Å². The molecule has 2 aliphatic rings. The van der Waals surface area contributed by atoms with Crippen molar-refractivity contribution < 1.29 is 14.7 Å². The summed E-state index contributed by atoms with van der Waals surface area (Å²) in [6, 6.07) is 7.53. The number of nitrogens with zero attached hydrogens (tertiary/aromatic N) is 2. The number of piperidine rings is 1. The number of benzene rings is 1. The quantitative estimate of drug-likeness (QED) is 0.621. The van der Waals surface area contributed by atoms with Gasteiger partial charge >= 0.3 is 12.0 Å². The third kappa shape index (κ3) is 6.44. The predicted octanol–water partition coefficient (Wildman–Crippen LogP) is 2.51. The summed E-state index contributed by atoms with van der Waals surface area (Å²) in [6.07, 6.45) is 6.70. The van der Waals surface area contributed by atoms with Gasteiger partial charge in [0.2, 0.25) is 0 Å². The maximum Gasteiger partial charge on any atom is 0.335 e. The zero-order chi connectivity index (χ0) is 20.6. The van der Waals surface area contributed by atoms with Crippen LogP contribution in [0.5, 0.6) is 0 Å². The Bertz CT molecular complexity index is 665. The maximum absolute atomic E-state index is 12.4. The molecule has 0 atom stereocenters. The summed E-state index contributed by atoms with van der Waals surface area (Å²) < 4.78 is 0. The van der Waals surface area contributed by atoms with Crippen LogP contribution in [0.1, 0.15) is 54.4 Å². The zero-order valence-corrected chi connectivity index (χ0v) is 17.2. The van der Waals surface area contributed by atoms with E-state index in [1.165, 1.54) is 12.8 Å². The number of carbonyl (C=O) groups is 2. The van der Waals surface area contributed by atoms with Crippen LogP contribution in [0.4, 0.5) is 4.79 Å². The van der Waals surface area contributed by atoms with Crippen molar-refractivity contribution in [3.63, 3.8) is 0 Å². The minimum absolute atomic E-state index is 0.104.